The molecule has 0 radical (unpaired) electrons. The van der Waals surface area contributed by atoms with Gasteiger partial charge in [-0.25, -0.2) is 4.98 Å². The molecule has 5 nitrogen and oxygen atoms in total. The molecule has 2 N–H and O–H groups in total. The van der Waals surface area contributed by atoms with Crippen LogP contribution in [0.25, 0.3) is 10.6 Å². The molecule has 3 rings (SSSR count). The van der Waals surface area contributed by atoms with Crippen molar-refractivity contribution in [1.29, 1.82) is 0 Å². The average Bonchev–Trinajstić information content (AvgIpc) is 3.05. The number of nitrogens with one attached hydrogen (secondary N) is 2. The Labute approximate surface area is 149 Å². The summed E-state index contributed by atoms with van der Waals surface area (Å²) in [6, 6.07) is 5.96. The Balaban J connectivity index is 1.69. The molecule has 2 aromatic heterocycles. The predicted octanol–water partition coefficient (Wildman–Crippen LogP) is 3.70. The van der Waals surface area contributed by atoms with Crippen LogP contribution in [0, 0.1) is 0 Å². The van der Waals surface area contributed by atoms with Crippen LogP contribution in [0.15, 0.2) is 52.9 Å². The van der Waals surface area contributed by atoms with Crippen molar-refractivity contribution >= 4 is 22.9 Å². The third-order valence-electron chi connectivity index (χ3n) is 3.45. The Morgan fingerprint density at radius 1 is 1.19 bits per heavy atom. The second-order valence-corrected chi connectivity index (χ2v) is 6.22. The van der Waals surface area contributed by atoms with Gasteiger partial charge in [-0.2, -0.15) is 13.2 Å². The third kappa shape index (κ3) is 4.17. The number of pyridine rings is 1. The van der Waals surface area contributed by atoms with Gasteiger partial charge in [0.1, 0.15) is 10.7 Å². The second kappa shape index (κ2) is 7.12. The molecule has 2 heterocycles. The van der Waals surface area contributed by atoms with Crippen molar-refractivity contribution in [2.45, 2.75) is 12.6 Å². The highest BCUT2D eigenvalue weighted by molar-refractivity contribution is 7.13. The molecule has 9 heteroatoms. The van der Waals surface area contributed by atoms with Crippen molar-refractivity contribution in [2.75, 3.05) is 5.32 Å². The van der Waals surface area contributed by atoms with E-state index >= 15 is 0 Å². The third-order valence-corrected chi connectivity index (χ3v) is 4.39. The number of hydrogen-bond donors (Lipinski definition) is 2. The van der Waals surface area contributed by atoms with Gasteiger partial charge in [0, 0.05) is 29.4 Å². The highest BCUT2D eigenvalue weighted by Crippen LogP contribution is 2.31. The lowest BCUT2D eigenvalue weighted by Gasteiger charge is -2.06. The molecule has 0 unspecified atom stereocenters. The minimum absolute atomic E-state index is 0.0501. The molecule has 0 saturated heterocycles. The standard InChI is InChI=1S/C17H12F3N3O2S/c18-17(19,20)11-3-1-10(2-4-11)16-22-12(9-26-16)7-15(25)23-13-8-21-6-5-14(13)24/h1-6,8-9H,7H2,(H,21,24)(H,23,25). The van der Waals surface area contributed by atoms with Crippen LogP contribution in [0.3, 0.4) is 0 Å². The Kier molecular flexibility index (Phi) is 4.90. The van der Waals surface area contributed by atoms with Crippen LogP contribution in [-0.4, -0.2) is 15.9 Å². The van der Waals surface area contributed by atoms with Crippen molar-refractivity contribution < 1.29 is 18.0 Å². The number of aromatic amines is 1. The molecular weight excluding hydrogens is 367 g/mol. The normalized spacial score (nSPS) is 11.3. The molecule has 0 saturated carbocycles. The summed E-state index contributed by atoms with van der Waals surface area (Å²) in [6.45, 7) is 0. The van der Waals surface area contributed by atoms with Crippen molar-refractivity contribution in [3.05, 3.63) is 69.6 Å². The van der Waals surface area contributed by atoms with Gasteiger partial charge in [-0.05, 0) is 12.1 Å². The number of amides is 1. The number of hydrogen-bond acceptors (Lipinski definition) is 4. The first-order valence-corrected chi connectivity index (χ1v) is 8.30. The number of anilines is 1. The number of aromatic nitrogens is 2. The average molecular weight is 379 g/mol. The number of benzene rings is 1. The molecule has 0 atom stereocenters. The van der Waals surface area contributed by atoms with Gasteiger partial charge in [-0.1, -0.05) is 12.1 Å². The molecule has 0 fully saturated rings. The van der Waals surface area contributed by atoms with Crippen LogP contribution in [0.1, 0.15) is 11.3 Å². The lowest BCUT2D eigenvalue weighted by molar-refractivity contribution is -0.137. The highest BCUT2D eigenvalue weighted by atomic mass is 32.1. The largest absolute Gasteiger partial charge is 0.416 e. The van der Waals surface area contributed by atoms with Crippen molar-refractivity contribution in [1.82, 2.24) is 9.97 Å². The van der Waals surface area contributed by atoms with Crippen molar-refractivity contribution in [3.8, 4) is 10.6 Å². The monoisotopic (exact) mass is 379 g/mol. The molecule has 3 aromatic rings. The maximum atomic E-state index is 12.6. The number of H-pyrrole nitrogens is 1. The van der Waals surface area contributed by atoms with Gasteiger partial charge in [-0.3, -0.25) is 9.59 Å². The Morgan fingerprint density at radius 3 is 2.58 bits per heavy atom. The van der Waals surface area contributed by atoms with Gasteiger partial charge >= 0.3 is 6.18 Å². The molecule has 0 bridgehead atoms. The maximum Gasteiger partial charge on any atom is 0.416 e. The number of rotatable bonds is 4. The fourth-order valence-corrected chi connectivity index (χ4v) is 3.02. The van der Waals surface area contributed by atoms with Crippen LogP contribution in [0.4, 0.5) is 18.9 Å². The SMILES string of the molecule is O=C(Cc1csc(-c2ccc(C(F)(F)F)cc2)n1)Nc1c[nH]ccc1=O. The molecule has 1 aromatic carbocycles. The van der Waals surface area contributed by atoms with Crippen LogP contribution in [0.5, 0.6) is 0 Å². The lowest BCUT2D eigenvalue weighted by Crippen LogP contribution is -2.19. The number of thiazole rings is 1. The first-order valence-electron chi connectivity index (χ1n) is 7.42. The number of carbonyl (C=O) groups is 1. The fourth-order valence-electron chi connectivity index (χ4n) is 2.20. The molecule has 1 amide bonds. The molecular formula is C17H12F3N3O2S. The molecule has 0 aliphatic heterocycles. The summed E-state index contributed by atoms with van der Waals surface area (Å²) >= 11 is 1.23. The topological polar surface area (TPSA) is 74.8 Å². The van der Waals surface area contributed by atoms with Crippen molar-refractivity contribution in [3.63, 3.8) is 0 Å². The molecule has 26 heavy (non-hydrogen) atoms. The Bertz CT molecular complexity index is 978. The van der Waals surface area contributed by atoms with E-state index in [4.69, 9.17) is 0 Å². The summed E-state index contributed by atoms with van der Waals surface area (Å²) in [4.78, 5) is 30.5. The first-order chi connectivity index (χ1) is 12.3. The van der Waals surface area contributed by atoms with Crippen LogP contribution < -0.4 is 10.7 Å². The number of carbonyl (C=O) groups excluding carboxylic acids is 1. The highest BCUT2D eigenvalue weighted by Gasteiger charge is 2.30. The van der Waals surface area contributed by atoms with Gasteiger partial charge in [-0.15, -0.1) is 11.3 Å². The van der Waals surface area contributed by atoms with Gasteiger partial charge < -0.3 is 10.3 Å². The van der Waals surface area contributed by atoms with E-state index in [2.05, 4.69) is 15.3 Å². The molecule has 134 valence electrons. The number of nitrogens with zero attached hydrogens (tertiary/aromatic N) is 1. The molecule has 0 aliphatic rings. The Hall–Kier alpha value is -2.94. The number of halogens is 3. The second-order valence-electron chi connectivity index (χ2n) is 5.37. The molecule has 0 spiro atoms. The van der Waals surface area contributed by atoms with E-state index in [0.717, 1.165) is 12.1 Å². The van der Waals surface area contributed by atoms with Crippen molar-refractivity contribution in [2.24, 2.45) is 0 Å². The maximum absolute atomic E-state index is 12.6. The summed E-state index contributed by atoms with van der Waals surface area (Å²) in [5.41, 5.74) is 0.0888. The van der Waals surface area contributed by atoms with E-state index in [-0.39, 0.29) is 17.5 Å². The minimum Gasteiger partial charge on any atom is -0.366 e. The zero-order chi connectivity index (χ0) is 18.7. The summed E-state index contributed by atoms with van der Waals surface area (Å²) in [5, 5.41) is 4.66. The quantitative estimate of drug-likeness (QED) is 0.726. The van der Waals surface area contributed by atoms with Gasteiger partial charge in [0.05, 0.1) is 17.7 Å². The van der Waals surface area contributed by atoms with E-state index in [9.17, 15) is 22.8 Å². The Morgan fingerprint density at radius 2 is 1.92 bits per heavy atom. The summed E-state index contributed by atoms with van der Waals surface area (Å²) < 4.78 is 37.8. The molecule has 0 aliphatic carbocycles. The van der Waals surface area contributed by atoms with E-state index in [1.165, 1.54) is 41.9 Å². The summed E-state index contributed by atoms with van der Waals surface area (Å²) in [6.07, 6.45) is -1.60. The van der Waals surface area contributed by atoms with E-state index in [0.29, 0.717) is 16.3 Å². The van der Waals surface area contributed by atoms with E-state index < -0.39 is 17.6 Å². The van der Waals surface area contributed by atoms with Gasteiger partial charge in [0.25, 0.3) is 0 Å². The van der Waals surface area contributed by atoms with Crippen LogP contribution in [-0.2, 0) is 17.4 Å². The van der Waals surface area contributed by atoms with Crippen LogP contribution in [0.2, 0.25) is 0 Å². The fraction of sp³-hybridized carbons (Fsp3) is 0.118. The minimum atomic E-state index is -4.39. The lowest BCUT2D eigenvalue weighted by atomic mass is 10.1. The van der Waals surface area contributed by atoms with Gasteiger partial charge in [0.15, 0.2) is 0 Å². The van der Waals surface area contributed by atoms with Gasteiger partial charge in [0.2, 0.25) is 11.3 Å². The number of alkyl halides is 3. The van der Waals surface area contributed by atoms with Crippen LogP contribution >= 0.6 is 11.3 Å². The summed E-state index contributed by atoms with van der Waals surface area (Å²) in [5.74, 6) is -0.411. The summed E-state index contributed by atoms with van der Waals surface area (Å²) in [7, 11) is 0. The smallest absolute Gasteiger partial charge is 0.366 e. The first kappa shape index (κ1) is 17.9. The van der Waals surface area contributed by atoms with E-state index in [1.807, 2.05) is 0 Å². The zero-order valence-corrected chi connectivity index (χ0v) is 13.9. The zero-order valence-electron chi connectivity index (χ0n) is 13.1. The predicted molar refractivity (Wildman–Crippen MR) is 91.9 cm³/mol. The van der Waals surface area contributed by atoms with E-state index in [1.54, 1.807) is 5.38 Å².